The number of anilines is 1. The Morgan fingerprint density at radius 2 is 1.78 bits per heavy atom. The summed E-state index contributed by atoms with van der Waals surface area (Å²) >= 11 is 0. The van der Waals surface area contributed by atoms with Gasteiger partial charge in [0.25, 0.3) is 11.8 Å². The van der Waals surface area contributed by atoms with Crippen molar-refractivity contribution in [3.8, 4) is 0 Å². The van der Waals surface area contributed by atoms with Crippen LogP contribution in [-0.4, -0.2) is 16.8 Å². The summed E-state index contributed by atoms with van der Waals surface area (Å²) in [6, 6.07) is 8.75. The molecule has 0 unspecified atom stereocenters. The molecule has 23 heavy (non-hydrogen) atoms. The summed E-state index contributed by atoms with van der Waals surface area (Å²) in [6.07, 6.45) is 2.78. The second-order valence-corrected chi connectivity index (χ2v) is 4.90. The van der Waals surface area contributed by atoms with E-state index in [1.165, 1.54) is 18.5 Å². The van der Waals surface area contributed by atoms with Crippen molar-refractivity contribution in [1.82, 2.24) is 15.8 Å². The van der Waals surface area contributed by atoms with Crippen LogP contribution in [0, 0.1) is 6.92 Å². The van der Waals surface area contributed by atoms with E-state index in [0.717, 1.165) is 0 Å². The predicted octanol–water partition coefficient (Wildman–Crippen LogP) is 1.79. The fourth-order valence-corrected chi connectivity index (χ4v) is 2.21. The Kier molecular flexibility index (Phi) is 3.68. The zero-order valence-corrected chi connectivity index (χ0v) is 12.3. The minimum absolute atomic E-state index is 0.188. The molecule has 0 saturated heterocycles. The quantitative estimate of drug-likeness (QED) is 0.625. The van der Waals surface area contributed by atoms with Crippen molar-refractivity contribution in [3.05, 3.63) is 59.7 Å². The summed E-state index contributed by atoms with van der Waals surface area (Å²) in [5.74, 6) is -0.559. The zero-order chi connectivity index (χ0) is 16.4. The number of amides is 2. The number of fused-ring (bicyclic) bond motifs is 1. The fourth-order valence-electron chi connectivity index (χ4n) is 2.21. The van der Waals surface area contributed by atoms with Crippen molar-refractivity contribution in [2.75, 3.05) is 5.73 Å². The molecule has 0 saturated carbocycles. The third-order valence-electron chi connectivity index (χ3n) is 3.45. The number of pyridine rings is 1. The van der Waals surface area contributed by atoms with Gasteiger partial charge in [0.05, 0.1) is 28.6 Å². The number of nitrogens with zero attached hydrogens (tertiary/aromatic N) is 1. The van der Waals surface area contributed by atoms with Gasteiger partial charge in [-0.2, -0.15) is 0 Å². The summed E-state index contributed by atoms with van der Waals surface area (Å²) in [7, 11) is 0. The smallest absolute Gasteiger partial charge is 0.273 e. The predicted molar refractivity (Wildman–Crippen MR) is 84.5 cm³/mol. The molecule has 0 atom stereocenters. The largest absolute Gasteiger partial charge is 0.469 e. The van der Waals surface area contributed by atoms with Gasteiger partial charge >= 0.3 is 0 Å². The molecule has 2 amide bonds. The van der Waals surface area contributed by atoms with Gasteiger partial charge in [-0.3, -0.25) is 25.4 Å². The van der Waals surface area contributed by atoms with E-state index in [4.69, 9.17) is 10.2 Å². The lowest BCUT2D eigenvalue weighted by Crippen LogP contribution is -2.42. The number of benzene rings is 1. The fraction of sp³-hybridized carbons (Fsp3) is 0.0625. The van der Waals surface area contributed by atoms with Gasteiger partial charge in [-0.1, -0.05) is 18.2 Å². The number of aromatic nitrogens is 1. The minimum atomic E-state index is -0.546. The first-order valence-corrected chi connectivity index (χ1v) is 6.86. The number of hydrazine groups is 1. The second kappa shape index (κ2) is 5.80. The Bertz CT molecular complexity index is 901. The SMILES string of the molecule is Cc1occc1C(=O)NNC(=O)c1cnc2ccccc2c1N. The number of hydrogen-bond acceptors (Lipinski definition) is 5. The molecule has 0 aliphatic rings. The highest BCUT2D eigenvalue weighted by Crippen LogP contribution is 2.22. The lowest BCUT2D eigenvalue weighted by atomic mass is 10.1. The van der Waals surface area contributed by atoms with E-state index in [2.05, 4.69) is 15.8 Å². The van der Waals surface area contributed by atoms with E-state index < -0.39 is 11.8 Å². The topological polar surface area (TPSA) is 110 Å². The number of nitrogens with one attached hydrogen (secondary N) is 2. The summed E-state index contributed by atoms with van der Waals surface area (Å²) < 4.78 is 5.04. The lowest BCUT2D eigenvalue weighted by molar-refractivity contribution is 0.0846. The van der Waals surface area contributed by atoms with E-state index in [1.807, 2.05) is 12.1 Å². The summed E-state index contributed by atoms with van der Waals surface area (Å²) in [4.78, 5) is 28.3. The third kappa shape index (κ3) is 2.71. The number of aryl methyl sites for hydroxylation is 1. The van der Waals surface area contributed by atoms with E-state index in [0.29, 0.717) is 27.9 Å². The van der Waals surface area contributed by atoms with Gasteiger partial charge in [-0.25, -0.2) is 0 Å². The van der Waals surface area contributed by atoms with Crippen molar-refractivity contribution >= 4 is 28.4 Å². The minimum Gasteiger partial charge on any atom is -0.469 e. The first-order chi connectivity index (χ1) is 11.1. The number of carbonyl (C=O) groups is 2. The standard InChI is InChI=1S/C16H14N4O3/c1-9-10(6-7-23-9)15(21)19-20-16(22)12-8-18-13-5-3-2-4-11(13)14(12)17/h2-8H,1H3,(H2,17,18)(H,19,21)(H,20,22). The van der Waals surface area contributed by atoms with Crippen LogP contribution in [0.2, 0.25) is 0 Å². The van der Waals surface area contributed by atoms with Gasteiger partial charge < -0.3 is 10.2 Å². The first-order valence-electron chi connectivity index (χ1n) is 6.86. The van der Waals surface area contributed by atoms with Crippen molar-refractivity contribution in [3.63, 3.8) is 0 Å². The van der Waals surface area contributed by atoms with Crippen molar-refractivity contribution in [1.29, 1.82) is 0 Å². The molecule has 3 aromatic rings. The van der Waals surface area contributed by atoms with E-state index >= 15 is 0 Å². The normalized spacial score (nSPS) is 10.5. The number of carbonyl (C=O) groups excluding carboxylic acids is 2. The summed E-state index contributed by atoms with van der Waals surface area (Å²) in [6.45, 7) is 1.65. The van der Waals surface area contributed by atoms with Crippen LogP contribution in [0.3, 0.4) is 0 Å². The Morgan fingerprint density at radius 3 is 2.48 bits per heavy atom. The molecule has 3 rings (SSSR count). The highest BCUT2D eigenvalue weighted by molar-refractivity contribution is 6.07. The average Bonchev–Trinajstić information content (AvgIpc) is 2.99. The molecule has 0 aliphatic carbocycles. The molecule has 116 valence electrons. The molecule has 0 bridgehead atoms. The maximum atomic E-state index is 12.2. The van der Waals surface area contributed by atoms with Crippen molar-refractivity contribution < 1.29 is 14.0 Å². The van der Waals surface area contributed by atoms with Crippen molar-refractivity contribution in [2.24, 2.45) is 0 Å². The number of hydrogen-bond donors (Lipinski definition) is 3. The Morgan fingerprint density at radius 1 is 1.09 bits per heavy atom. The highest BCUT2D eigenvalue weighted by Gasteiger charge is 2.16. The van der Waals surface area contributed by atoms with Crippen LogP contribution >= 0.6 is 0 Å². The maximum Gasteiger partial charge on any atom is 0.273 e. The number of para-hydroxylation sites is 1. The van der Waals surface area contributed by atoms with E-state index in [-0.39, 0.29) is 5.56 Å². The number of nitrogens with two attached hydrogens (primary N) is 1. The van der Waals surface area contributed by atoms with Crippen LogP contribution < -0.4 is 16.6 Å². The molecule has 7 heteroatoms. The van der Waals surface area contributed by atoms with Gasteiger partial charge in [0, 0.05) is 11.6 Å². The van der Waals surface area contributed by atoms with Crippen LogP contribution in [-0.2, 0) is 0 Å². The second-order valence-electron chi connectivity index (χ2n) is 4.90. The van der Waals surface area contributed by atoms with Gasteiger partial charge in [0.15, 0.2) is 0 Å². The van der Waals surface area contributed by atoms with E-state index in [9.17, 15) is 9.59 Å². The number of furan rings is 1. The maximum absolute atomic E-state index is 12.2. The number of rotatable bonds is 2. The van der Waals surface area contributed by atoms with Gasteiger partial charge in [-0.15, -0.1) is 0 Å². The van der Waals surface area contributed by atoms with Crippen LogP contribution in [0.25, 0.3) is 10.9 Å². The molecule has 0 spiro atoms. The summed E-state index contributed by atoms with van der Waals surface area (Å²) in [5, 5.41) is 0.678. The van der Waals surface area contributed by atoms with Crippen LogP contribution in [0.5, 0.6) is 0 Å². The van der Waals surface area contributed by atoms with Gasteiger partial charge in [0.1, 0.15) is 5.76 Å². The highest BCUT2D eigenvalue weighted by atomic mass is 16.3. The van der Waals surface area contributed by atoms with Crippen molar-refractivity contribution in [2.45, 2.75) is 6.92 Å². The molecule has 0 aliphatic heterocycles. The molecule has 0 radical (unpaired) electrons. The molecular weight excluding hydrogens is 296 g/mol. The molecular formula is C16H14N4O3. The Hall–Kier alpha value is -3.35. The zero-order valence-electron chi connectivity index (χ0n) is 12.3. The average molecular weight is 310 g/mol. The van der Waals surface area contributed by atoms with Gasteiger partial charge in [0.2, 0.25) is 0 Å². The molecule has 1 aromatic carbocycles. The number of nitrogen functional groups attached to an aromatic ring is 1. The van der Waals surface area contributed by atoms with Crippen LogP contribution in [0.15, 0.2) is 47.2 Å². The molecule has 0 fully saturated rings. The van der Waals surface area contributed by atoms with Crippen LogP contribution in [0.1, 0.15) is 26.5 Å². The third-order valence-corrected chi connectivity index (χ3v) is 3.45. The first kappa shape index (κ1) is 14.6. The monoisotopic (exact) mass is 310 g/mol. The van der Waals surface area contributed by atoms with Crippen LogP contribution in [0.4, 0.5) is 5.69 Å². The lowest BCUT2D eigenvalue weighted by Gasteiger charge is -2.10. The van der Waals surface area contributed by atoms with Gasteiger partial charge in [-0.05, 0) is 19.1 Å². The summed E-state index contributed by atoms with van der Waals surface area (Å²) in [5.41, 5.74) is 12.2. The molecule has 7 nitrogen and oxygen atoms in total. The Labute approximate surface area is 131 Å². The molecule has 4 N–H and O–H groups in total. The Balaban J connectivity index is 1.77. The molecule has 2 heterocycles. The van der Waals surface area contributed by atoms with E-state index in [1.54, 1.807) is 19.1 Å². The molecule has 2 aromatic heterocycles.